The lowest BCUT2D eigenvalue weighted by atomic mass is 10.0. The van der Waals surface area contributed by atoms with E-state index in [0.29, 0.717) is 6.61 Å². The van der Waals surface area contributed by atoms with Gasteiger partial charge in [0.1, 0.15) is 5.75 Å². The Morgan fingerprint density at radius 3 is 2.66 bits per heavy atom. The molecule has 29 heavy (non-hydrogen) atoms. The Kier molecular flexibility index (Phi) is 10.2. The summed E-state index contributed by atoms with van der Waals surface area (Å²) in [6.07, 6.45) is 4.71. The van der Waals surface area contributed by atoms with Gasteiger partial charge in [-0.1, -0.05) is 0 Å². The first kappa shape index (κ1) is 23.9. The summed E-state index contributed by atoms with van der Waals surface area (Å²) in [5, 5.41) is 6.77. The van der Waals surface area contributed by atoms with Crippen LogP contribution in [-0.2, 0) is 4.74 Å². The molecule has 1 heterocycles. The highest BCUT2D eigenvalue weighted by molar-refractivity contribution is 14.0. The fraction of sp³-hybridized carbons (Fsp3) is 0.650. The van der Waals surface area contributed by atoms with Crippen LogP contribution in [0.2, 0.25) is 0 Å². The zero-order valence-corrected chi connectivity index (χ0v) is 19.1. The van der Waals surface area contributed by atoms with Gasteiger partial charge in [-0.2, -0.15) is 8.78 Å². The van der Waals surface area contributed by atoms with Gasteiger partial charge in [0, 0.05) is 45.0 Å². The van der Waals surface area contributed by atoms with Crippen molar-refractivity contribution in [2.45, 2.75) is 38.3 Å². The van der Waals surface area contributed by atoms with Crippen LogP contribution in [0.25, 0.3) is 0 Å². The number of guanidine groups is 1. The van der Waals surface area contributed by atoms with Crippen molar-refractivity contribution in [2.75, 3.05) is 44.8 Å². The Hall–Kier alpha value is -1.36. The number of nitrogens with zero attached hydrogens (tertiary/aromatic N) is 2. The van der Waals surface area contributed by atoms with Crippen LogP contribution < -0.4 is 20.3 Å². The van der Waals surface area contributed by atoms with Crippen LogP contribution in [0.15, 0.2) is 29.3 Å². The minimum absolute atomic E-state index is 0. The monoisotopic (exact) mass is 524 g/mol. The molecule has 2 fully saturated rings. The van der Waals surface area contributed by atoms with Crippen molar-refractivity contribution in [1.82, 2.24) is 10.6 Å². The summed E-state index contributed by atoms with van der Waals surface area (Å²) < 4.78 is 34.6. The number of alkyl halides is 2. The molecular formula is C20H31F2IN4O2. The fourth-order valence-corrected chi connectivity index (χ4v) is 3.33. The smallest absolute Gasteiger partial charge is 0.387 e. The van der Waals surface area contributed by atoms with E-state index in [-0.39, 0.29) is 35.8 Å². The second-order valence-electron chi connectivity index (χ2n) is 7.32. The van der Waals surface area contributed by atoms with E-state index in [1.54, 1.807) is 19.2 Å². The van der Waals surface area contributed by atoms with Crippen molar-refractivity contribution in [3.8, 4) is 5.75 Å². The first-order valence-corrected chi connectivity index (χ1v) is 9.99. The summed E-state index contributed by atoms with van der Waals surface area (Å²) in [5.74, 6) is 1.74. The Labute approximate surface area is 188 Å². The third-order valence-electron chi connectivity index (χ3n) is 5.00. The van der Waals surface area contributed by atoms with E-state index in [2.05, 4.69) is 25.3 Å². The molecule has 9 heteroatoms. The molecule has 3 rings (SSSR count). The van der Waals surface area contributed by atoms with Gasteiger partial charge in [0.25, 0.3) is 0 Å². The van der Waals surface area contributed by atoms with E-state index in [0.717, 1.165) is 56.6 Å². The number of anilines is 1. The zero-order chi connectivity index (χ0) is 19.8. The summed E-state index contributed by atoms with van der Waals surface area (Å²) in [5.41, 5.74) is 1.00. The molecule has 1 aliphatic carbocycles. The van der Waals surface area contributed by atoms with Crippen LogP contribution in [0.5, 0.6) is 5.75 Å². The van der Waals surface area contributed by atoms with E-state index in [4.69, 9.17) is 4.74 Å². The van der Waals surface area contributed by atoms with E-state index in [9.17, 15) is 8.78 Å². The molecule has 1 atom stereocenters. The molecular weight excluding hydrogens is 493 g/mol. The molecule has 0 bridgehead atoms. The van der Waals surface area contributed by atoms with Crippen LogP contribution >= 0.6 is 24.0 Å². The number of hydrogen-bond donors (Lipinski definition) is 2. The first-order chi connectivity index (χ1) is 13.6. The molecule has 2 N–H and O–H groups in total. The van der Waals surface area contributed by atoms with Crippen LogP contribution in [0.1, 0.15) is 25.7 Å². The van der Waals surface area contributed by atoms with Crippen LogP contribution in [-0.4, -0.2) is 58.5 Å². The van der Waals surface area contributed by atoms with E-state index in [1.165, 1.54) is 12.8 Å². The van der Waals surface area contributed by atoms with Gasteiger partial charge >= 0.3 is 6.61 Å². The number of benzene rings is 1. The topological polar surface area (TPSA) is 58.1 Å². The Morgan fingerprint density at radius 2 is 2.00 bits per heavy atom. The quantitative estimate of drug-likeness (QED) is 0.224. The highest BCUT2D eigenvalue weighted by Crippen LogP contribution is 2.28. The third-order valence-corrected chi connectivity index (χ3v) is 5.00. The van der Waals surface area contributed by atoms with Gasteiger partial charge in [-0.3, -0.25) is 4.99 Å². The van der Waals surface area contributed by atoms with Crippen LogP contribution in [0.3, 0.4) is 0 Å². The lowest BCUT2D eigenvalue weighted by molar-refractivity contribution is -0.0498. The average molecular weight is 524 g/mol. The molecule has 0 radical (unpaired) electrons. The number of rotatable bonds is 9. The van der Waals surface area contributed by atoms with Gasteiger partial charge in [-0.15, -0.1) is 24.0 Å². The summed E-state index contributed by atoms with van der Waals surface area (Å²) >= 11 is 0. The number of aliphatic imine (C=N–C) groups is 1. The van der Waals surface area contributed by atoms with Gasteiger partial charge in [-0.05, 0) is 55.9 Å². The van der Waals surface area contributed by atoms with Crippen molar-refractivity contribution in [3.63, 3.8) is 0 Å². The molecule has 1 aliphatic heterocycles. The average Bonchev–Trinajstić information content (AvgIpc) is 3.51. The first-order valence-electron chi connectivity index (χ1n) is 9.99. The van der Waals surface area contributed by atoms with Crippen molar-refractivity contribution >= 4 is 35.6 Å². The normalized spacial score (nSPS) is 19.7. The minimum Gasteiger partial charge on any atom is -0.435 e. The number of piperidine rings is 1. The Bertz CT molecular complexity index is 629. The molecule has 1 aromatic carbocycles. The van der Waals surface area contributed by atoms with Crippen LogP contribution in [0, 0.1) is 5.92 Å². The maximum atomic E-state index is 12.3. The zero-order valence-electron chi connectivity index (χ0n) is 16.8. The van der Waals surface area contributed by atoms with E-state index >= 15 is 0 Å². The summed E-state index contributed by atoms with van der Waals surface area (Å²) in [7, 11) is 1.77. The molecule has 164 valence electrons. The second-order valence-corrected chi connectivity index (χ2v) is 7.32. The van der Waals surface area contributed by atoms with Crippen molar-refractivity contribution in [2.24, 2.45) is 10.9 Å². The van der Waals surface area contributed by atoms with E-state index in [1.807, 2.05) is 12.1 Å². The predicted molar refractivity (Wildman–Crippen MR) is 122 cm³/mol. The maximum Gasteiger partial charge on any atom is 0.387 e. The SMILES string of the molecule is CN=C(NCCOCC1CC1)NC1CCCN(c2ccc(OC(F)F)cc2)C1.I. The largest absolute Gasteiger partial charge is 0.435 e. The summed E-state index contributed by atoms with van der Waals surface area (Å²) in [6, 6.07) is 7.08. The lowest BCUT2D eigenvalue weighted by Crippen LogP contribution is -2.51. The van der Waals surface area contributed by atoms with Crippen molar-refractivity contribution in [1.29, 1.82) is 0 Å². The molecule has 1 saturated heterocycles. The second kappa shape index (κ2) is 12.4. The molecule has 1 aromatic rings. The molecule has 2 aliphatic rings. The van der Waals surface area contributed by atoms with Gasteiger partial charge in [0.15, 0.2) is 5.96 Å². The highest BCUT2D eigenvalue weighted by atomic mass is 127. The maximum absolute atomic E-state index is 12.3. The minimum atomic E-state index is -2.80. The fourth-order valence-electron chi connectivity index (χ4n) is 3.33. The predicted octanol–water partition coefficient (Wildman–Crippen LogP) is 3.47. The third kappa shape index (κ3) is 8.49. The summed E-state index contributed by atoms with van der Waals surface area (Å²) in [4.78, 5) is 6.55. The summed E-state index contributed by atoms with van der Waals surface area (Å²) in [6.45, 7) is 1.25. The number of halogens is 3. The van der Waals surface area contributed by atoms with Gasteiger partial charge in [0.2, 0.25) is 0 Å². The standard InChI is InChI=1S/C20H30F2N4O2.HI/c1-23-20(24-10-12-27-14-15-4-5-15)25-16-3-2-11-26(13-16)17-6-8-18(9-7-17)28-19(21)22;/h6-9,15-16,19H,2-5,10-14H2,1H3,(H2,23,24,25);1H. The van der Waals surface area contributed by atoms with Gasteiger partial charge in [-0.25, -0.2) is 0 Å². The van der Waals surface area contributed by atoms with E-state index < -0.39 is 6.61 Å². The number of ether oxygens (including phenoxy) is 2. The molecule has 6 nitrogen and oxygen atoms in total. The van der Waals surface area contributed by atoms with Gasteiger partial charge in [0.05, 0.1) is 6.61 Å². The molecule has 1 unspecified atom stereocenters. The highest BCUT2D eigenvalue weighted by Gasteiger charge is 2.22. The number of nitrogens with one attached hydrogen (secondary N) is 2. The van der Waals surface area contributed by atoms with Gasteiger partial charge < -0.3 is 25.0 Å². The lowest BCUT2D eigenvalue weighted by Gasteiger charge is -2.35. The Balaban J connectivity index is 0.00000300. The van der Waals surface area contributed by atoms with Crippen molar-refractivity contribution in [3.05, 3.63) is 24.3 Å². The molecule has 0 amide bonds. The Morgan fingerprint density at radius 1 is 1.24 bits per heavy atom. The molecule has 1 saturated carbocycles. The number of hydrogen-bond acceptors (Lipinski definition) is 4. The van der Waals surface area contributed by atoms with Crippen LogP contribution in [0.4, 0.5) is 14.5 Å². The molecule has 0 aromatic heterocycles. The van der Waals surface area contributed by atoms with Crippen molar-refractivity contribution < 1.29 is 18.3 Å². The molecule has 0 spiro atoms.